The zero-order chi connectivity index (χ0) is 19.4. The first kappa shape index (κ1) is 20.0. The van der Waals surface area contributed by atoms with Crippen molar-refractivity contribution in [2.45, 2.75) is 35.9 Å². The molecule has 1 aromatic rings. The Morgan fingerprint density at radius 1 is 1.22 bits per heavy atom. The third-order valence-corrected chi connectivity index (χ3v) is 8.34. The second kappa shape index (κ2) is 8.53. The molecule has 27 heavy (non-hydrogen) atoms. The third kappa shape index (κ3) is 4.59. The third-order valence-electron chi connectivity index (χ3n) is 5.10. The summed E-state index contributed by atoms with van der Waals surface area (Å²) >= 11 is 1.20. The van der Waals surface area contributed by atoms with Crippen LogP contribution in [0.1, 0.15) is 25.7 Å². The van der Waals surface area contributed by atoms with E-state index in [0.717, 1.165) is 19.3 Å². The summed E-state index contributed by atoms with van der Waals surface area (Å²) in [7, 11) is -3.50. The zero-order valence-corrected chi connectivity index (χ0v) is 16.8. The van der Waals surface area contributed by atoms with Crippen molar-refractivity contribution >= 4 is 33.2 Å². The predicted molar refractivity (Wildman–Crippen MR) is 104 cm³/mol. The van der Waals surface area contributed by atoms with Crippen molar-refractivity contribution in [1.82, 2.24) is 14.5 Å². The van der Waals surface area contributed by atoms with Crippen LogP contribution in [0, 0.1) is 5.92 Å². The average Bonchev–Trinajstić information content (AvgIpc) is 3.23. The van der Waals surface area contributed by atoms with Crippen LogP contribution < -0.4 is 5.32 Å². The number of sulfonamides is 1. The molecule has 0 radical (unpaired) electrons. The molecule has 148 valence electrons. The Labute approximate surface area is 164 Å². The van der Waals surface area contributed by atoms with Gasteiger partial charge >= 0.3 is 0 Å². The van der Waals surface area contributed by atoms with Crippen molar-refractivity contribution in [3.05, 3.63) is 30.2 Å². The molecular formula is C18H25N3O4S2. The van der Waals surface area contributed by atoms with E-state index in [9.17, 15) is 18.0 Å². The van der Waals surface area contributed by atoms with E-state index in [4.69, 9.17) is 0 Å². The lowest BCUT2D eigenvalue weighted by Crippen LogP contribution is -2.52. The van der Waals surface area contributed by atoms with Crippen LogP contribution in [0.3, 0.4) is 0 Å². The van der Waals surface area contributed by atoms with E-state index in [0.29, 0.717) is 30.3 Å². The molecule has 2 amide bonds. The van der Waals surface area contributed by atoms with Crippen LogP contribution in [-0.2, 0) is 19.6 Å². The Balaban J connectivity index is 1.59. The molecule has 2 fully saturated rings. The van der Waals surface area contributed by atoms with Crippen molar-refractivity contribution in [1.29, 1.82) is 0 Å². The van der Waals surface area contributed by atoms with Crippen LogP contribution in [0.15, 0.2) is 34.4 Å². The minimum Gasteiger partial charge on any atom is -0.352 e. The van der Waals surface area contributed by atoms with Crippen LogP contribution in [0.4, 0.5) is 0 Å². The minimum absolute atomic E-state index is 0.100. The number of amides is 2. The lowest BCUT2D eigenvalue weighted by atomic mass is 9.96. The minimum atomic E-state index is -3.50. The molecule has 2 saturated heterocycles. The van der Waals surface area contributed by atoms with Gasteiger partial charge in [0.15, 0.2) is 0 Å². The van der Waals surface area contributed by atoms with E-state index in [1.807, 2.05) is 0 Å². The smallest absolute Gasteiger partial charge is 0.252 e. The number of nitrogens with one attached hydrogen (secondary N) is 1. The molecule has 1 aromatic heterocycles. The number of nitrogens with zero attached hydrogens (tertiary/aromatic N) is 2. The summed E-state index contributed by atoms with van der Waals surface area (Å²) in [6.45, 7) is 5.29. The van der Waals surface area contributed by atoms with E-state index in [1.165, 1.54) is 21.7 Å². The SMILES string of the molecule is C=CC(=O)N1CCCC(C(=O)N[C@@H]2CCCN(S(=O)(=O)c3cccs3)C2)C1. The lowest BCUT2D eigenvalue weighted by molar-refractivity contribution is -0.132. The number of rotatable bonds is 5. The highest BCUT2D eigenvalue weighted by molar-refractivity contribution is 7.91. The van der Waals surface area contributed by atoms with Gasteiger partial charge in [0, 0.05) is 32.2 Å². The van der Waals surface area contributed by atoms with Gasteiger partial charge in [-0.15, -0.1) is 11.3 Å². The maximum absolute atomic E-state index is 12.7. The Morgan fingerprint density at radius 3 is 2.70 bits per heavy atom. The molecule has 0 spiro atoms. The molecule has 0 saturated carbocycles. The van der Waals surface area contributed by atoms with E-state index in [-0.39, 0.29) is 30.3 Å². The molecule has 0 aromatic carbocycles. The monoisotopic (exact) mass is 411 g/mol. The molecule has 2 aliphatic heterocycles. The summed E-state index contributed by atoms with van der Waals surface area (Å²) in [6.07, 6.45) is 4.25. The van der Waals surface area contributed by atoms with Gasteiger partial charge in [-0.1, -0.05) is 12.6 Å². The summed E-state index contributed by atoms with van der Waals surface area (Å²) in [4.78, 5) is 26.1. The molecule has 9 heteroatoms. The second-order valence-electron chi connectivity index (χ2n) is 6.97. The molecule has 3 heterocycles. The molecular weight excluding hydrogens is 386 g/mol. The molecule has 0 bridgehead atoms. The van der Waals surface area contributed by atoms with Gasteiger partial charge in [-0.3, -0.25) is 9.59 Å². The Hall–Kier alpha value is -1.71. The first-order valence-electron chi connectivity index (χ1n) is 9.17. The van der Waals surface area contributed by atoms with Crippen LogP contribution in [0.25, 0.3) is 0 Å². The van der Waals surface area contributed by atoms with Crippen molar-refractivity contribution in [2.75, 3.05) is 26.2 Å². The molecule has 1 unspecified atom stereocenters. The van der Waals surface area contributed by atoms with Crippen LogP contribution in [0.5, 0.6) is 0 Å². The number of carbonyl (C=O) groups is 2. The van der Waals surface area contributed by atoms with Crippen molar-refractivity contribution < 1.29 is 18.0 Å². The first-order chi connectivity index (χ1) is 12.9. The van der Waals surface area contributed by atoms with E-state index in [1.54, 1.807) is 22.4 Å². The van der Waals surface area contributed by atoms with Gasteiger partial charge in [0.2, 0.25) is 11.8 Å². The highest BCUT2D eigenvalue weighted by atomic mass is 32.2. The van der Waals surface area contributed by atoms with Gasteiger partial charge in [0.05, 0.1) is 5.92 Å². The summed E-state index contributed by atoms with van der Waals surface area (Å²) in [5.41, 5.74) is 0. The molecule has 7 nitrogen and oxygen atoms in total. The van der Waals surface area contributed by atoms with E-state index >= 15 is 0 Å². The highest BCUT2D eigenvalue weighted by Crippen LogP contribution is 2.25. The highest BCUT2D eigenvalue weighted by Gasteiger charge is 2.33. The molecule has 0 aliphatic carbocycles. The summed E-state index contributed by atoms with van der Waals surface area (Å²) in [6, 6.07) is 3.13. The van der Waals surface area contributed by atoms with Crippen molar-refractivity contribution in [3.63, 3.8) is 0 Å². The fourth-order valence-corrected chi connectivity index (χ4v) is 6.32. The number of thiophene rings is 1. The molecule has 2 atom stereocenters. The number of piperidine rings is 2. The number of carbonyl (C=O) groups excluding carboxylic acids is 2. The predicted octanol–water partition coefficient (Wildman–Crippen LogP) is 1.44. The quantitative estimate of drug-likeness (QED) is 0.743. The molecule has 1 N–H and O–H groups in total. The lowest BCUT2D eigenvalue weighted by Gasteiger charge is -2.35. The molecule has 3 rings (SSSR count). The second-order valence-corrected chi connectivity index (χ2v) is 10.1. The van der Waals surface area contributed by atoms with E-state index in [2.05, 4.69) is 11.9 Å². The van der Waals surface area contributed by atoms with Crippen LogP contribution >= 0.6 is 11.3 Å². The van der Waals surface area contributed by atoms with Gasteiger partial charge in [0.25, 0.3) is 10.0 Å². The Morgan fingerprint density at radius 2 is 2.00 bits per heavy atom. The number of likely N-dealkylation sites (tertiary alicyclic amines) is 1. The first-order valence-corrected chi connectivity index (χ1v) is 11.5. The summed E-state index contributed by atoms with van der Waals surface area (Å²) < 4.78 is 27.2. The maximum Gasteiger partial charge on any atom is 0.252 e. The Kier molecular flexibility index (Phi) is 6.33. The maximum atomic E-state index is 12.7. The number of hydrogen-bond acceptors (Lipinski definition) is 5. The fourth-order valence-electron chi connectivity index (χ4n) is 3.66. The summed E-state index contributed by atoms with van der Waals surface area (Å²) in [5, 5.41) is 4.75. The van der Waals surface area contributed by atoms with Crippen LogP contribution in [-0.4, -0.2) is 61.7 Å². The molecule has 2 aliphatic rings. The topological polar surface area (TPSA) is 86.8 Å². The fraction of sp³-hybridized carbons (Fsp3) is 0.556. The van der Waals surface area contributed by atoms with Gasteiger partial charge in [0.1, 0.15) is 4.21 Å². The zero-order valence-electron chi connectivity index (χ0n) is 15.2. The Bertz CT molecular complexity index is 792. The number of hydrogen-bond donors (Lipinski definition) is 1. The van der Waals surface area contributed by atoms with Gasteiger partial charge in [-0.05, 0) is 43.2 Å². The van der Waals surface area contributed by atoms with Gasteiger partial charge in [-0.2, -0.15) is 4.31 Å². The average molecular weight is 412 g/mol. The standard InChI is InChI=1S/C18H25N3O4S2/c1-2-16(22)20-9-3-6-14(12-20)18(23)19-15-7-4-10-21(13-15)27(24,25)17-8-5-11-26-17/h2,5,8,11,14-15H,1,3-4,6-7,9-10,12-13H2,(H,19,23)/t14?,15-/m1/s1. The van der Waals surface area contributed by atoms with Gasteiger partial charge in [-0.25, -0.2) is 8.42 Å². The van der Waals surface area contributed by atoms with Gasteiger partial charge < -0.3 is 10.2 Å². The summed E-state index contributed by atoms with van der Waals surface area (Å²) in [5.74, 6) is -0.512. The largest absolute Gasteiger partial charge is 0.352 e. The van der Waals surface area contributed by atoms with Crippen molar-refractivity contribution in [2.24, 2.45) is 5.92 Å². The van der Waals surface area contributed by atoms with Crippen LogP contribution in [0.2, 0.25) is 0 Å². The van der Waals surface area contributed by atoms with E-state index < -0.39 is 10.0 Å². The normalized spacial score (nSPS) is 24.4. The van der Waals surface area contributed by atoms with Crippen molar-refractivity contribution in [3.8, 4) is 0 Å².